The smallest absolute Gasteiger partial charge is 0.255 e. The molecule has 7 nitrogen and oxygen atoms in total. The van der Waals surface area contributed by atoms with E-state index in [9.17, 15) is 9.59 Å². The summed E-state index contributed by atoms with van der Waals surface area (Å²) in [6, 6.07) is 27.0. The van der Waals surface area contributed by atoms with Gasteiger partial charge in [0, 0.05) is 23.0 Å². The highest BCUT2D eigenvalue weighted by Gasteiger charge is 2.23. The molecule has 0 radical (unpaired) electrons. The van der Waals surface area contributed by atoms with Crippen LogP contribution in [-0.4, -0.2) is 32.8 Å². The highest BCUT2D eigenvalue weighted by atomic mass is 16.3. The number of imidazole rings is 1. The first-order valence-corrected chi connectivity index (χ1v) is 12.8. The Morgan fingerprint density at radius 3 is 2.23 bits per heavy atom. The zero-order chi connectivity index (χ0) is 27.4. The number of hydrogen-bond acceptors (Lipinski definition) is 4. The Morgan fingerprint density at radius 2 is 1.56 bits per heavy atom. The molecule has 0 unspecified atom stereocenters. The quantitative estimate of drug-likeness (QED) is 0.260. The lowest BCUT2D eigenvalue weighted by atomic mass is 10.1. The zero-order valence-corrected chi connectivity index (χ0v) is 22.2. The van der Waals surface area contributed by atoms with Crippen molar-refractivity contribution in [3.8, 4) is 16.9 Å². The molecule has 2 aromatic heterocycles. The molecule has 3 aromatic carbocycles. The second-order valence-electron chi connectivity index (χ2n) is 9.63. The van der Waals surface area contributed by atoms with E-state index >= 15 is 0 Å². The number of aryl methyl sites for hydroxylation is 3. The van der Waals surface area contributed by atoms with Crippen molar-refractivity contribution in [2.75, 3.05) is 11.9 Å². The molecular weight excluding hydrogens is 488 g/mol. The Bertz CT molecular complexity index is 1580. The number of nitrogens with one attached hydrogen (secondary N) is 1. The topological polar surface area (TPSA) is 80.4 Å². The first-order chi connectivity index (χ1) is 18.9. The number of benzene rings is 3. The molecule has 0 aliphatic carbocycles. The van der Waals surface area contributed by atoms with Gasteiger partial charge in [-0.3, -0.25) is 19.5 Å². The number of amides is 2. The molecule has 5 rings (SSSR count). The number of carbonyl (C=O) groups is 2. The molecule has 196 valence electrons. The Labute approximate surface area is 227 Å². The summed E-state index contributed by atoms with van der Waals surface area (Å²) in [5, 5.41) is 2.94. The standard InChI is InChI=1S/C32H30N4O3/c1-22-10-14-25(15-11-22)29-20-36(26-16-12-23(2)13-17-26)32(33-29)34-30(37)21-35(19-27-8-6-18-39-27)31(38)28-9-5-4-7-24(28)3/h4-18,20H,19,21H2,1-3H3,(H,33,34,37). The summed E-state index contributed by atoms with van der Waals surface area (Å²) in [6.07, 6.45) is 3.46. The van der Waals surface area contributed by atoms with Gasteiger partial charge in [0.2, 0.25) is 11.9 Å². The first-order valence-electron chi connectivity index (χ1n) is 12.8. The molecule has 0 aliphatic rings. The maximum absolute atomic E-state index is 13.5. The number of hydrogen-bond donors (Lipinski definition) is 1. The summed E-state index contributed by atoms with van der Waals surface area (Å²) in [5.41, 5.74) is 6.20. The van der Waals surface area contributed by atoms with Gasteiger partial charge in [0.25, 0.3) is 5.91 Å². The van der Waals surface area contributed by atoms with Gasteiger partial charge >= 0.3 is 0 Å². The van der Waals surface area contributed by atoms with Gasteiger partial charge < -0.3 is 9.32 Å². The van der Waals surface area contributed by atoms with E-state index in [0.29, 0.717) is 17.3 Å². The van der Waals surface area contributed by atoms with Crippen molar-refractivity contribution in [3.05, 3.63) is 125 Å². The molecule has 7 heteroatoms. The van der Waals surface area contributed by atoms with Gasteiger partial charge in [0.15, 0.2) is 0 Å². The van der Waals surface area contributed by atoms with Crippen LogP contribution in [0.1, 0.15) is 32.8 Å². The van der Waals surface area contributed by atoms with E-state index < -0.39 is 0 Å². The molecule has 2 heterocycles. The van der Waals surface area contributed by atoms with Crippen LogP contribution < -0.4 is 5.32 Å². The Hall–Kier alpha value is -4.91. The molecule has 0 spiro atoms. The average molecular weight is 519 g/mol. The van der Waals surface area contributed by atoms with Gasteiger partial charge in [-0.2, -0.15) is 0 Å². The zero-order valence-electron chi connectivity index (χ0n) is 22.2. The molecule has 0 saturated carbocycles. The number of rotatable bonds is 8. The van der Waals surface area contributed by atoms with Gasteiger partial charge in [0.1, 0.15) is 12.3 Å². The molecule has 0 atom stereocenters. The van der Waals surface area contributed by atoms with Crippen molar-refractivity contribution < 1.29 is 14.0 Å². The maximum Gasteiger partial charge on any atom is 0.255 e. The summed E-state index contributed by atoms with van der Waals surface area (Å²) >= 11 is 0. The average Bonchev–Trinajstić information content (AvgIpc) is 3.59. The van der Waals surface area contributed by atoms with Crippen LogP contribution in [0.3, 0.4) is 0 Å². The second kappa shape index (κ2) is 11.2. The van der Waals surface area contributed by atoms with Gasteiger partial charge in [-0.1, -0.05) is 65.7 Å². The number of anilines is 1. The minimum atomic E-state index is -0.363. The SMILES string of the molecule is Cc1ccc(-c2cn(-c3ccc(C)cc3)c(NC(=O)CN(Cc3ccco3)C(=O)c3ccccc3C)n2)cc1. The Morgan fingerprint density at radius 1 is 0.872 bits per heavy atom. The molecule has 0 fully saturated rings. The van der Waals surface area contributed by atoms with Crippen LogP contribution in [0.25, 0.3) is 16.9 Å². The van der Waals surface area contributed by atoms with Crippen molar-refractivity contribution in [3.63, 3.8) is 0 Å². The van der Waals surface area contributed by atoms with Gasteiger partial charge in [-0.15, -0.1) is 0 Å². The summed E-state index contributed by atoms with van der Waals surface area (Å²) in [6.45, 7) is 5.93. The summed E-state index contributed by atoms with van der Waals surface area (Å²) in [4.78, 5) is 33.2. The van der Waals surface area contributed by atoms with E-state index in [4.69, 9.17) is 9.40 Å². The van der Waals surface area contributed by atoms with Crippen molar-refractivity contribution in [1.29, 1.82) is 0 Å². The minimum absolute atomic E-state index is 0.161. The first kappa shape index (κ1) is 25.7. The van der Waals surface area contributed by atoms with E-state index in [-0.39, 0.29) is 24.9 Å². The number of aromatic nitrogens is 2. The minimum Gasteiger partial charge on any atom is -0.467 e. The van der Waals surface area contributed by atoms with Gasteiger partial charge in [-0.05, 0) is 56.7 Å². The van der Waals surface area contributed by atoms with Gasteiger partial charge in [-0.25, -0.2) is 4.98 Å². The summed E-state index contributed by atoms with van der Waals surface area (Å²) in [5.74, 6) is 0.355. The fourth-order valence-corrected chi connectivity index (χ4v) is 4.34. The third kappa shape index (κ3) is 5.99. The molecule has 1 N–H and O–H groups in total. The van der Waals surface area contributed by atoms with Crippen molar-refractivity contribution >= 4 is 17.8 Å². The third-order valence-corrected chi connectivity index (χ3v) is 6.54. The van der Waals surface area contributed by atoms with Crippen LogP contribution in [-0.2, 0) is 11.3 Å². The Kier molecular flexibility index (Phi) is 7.41. The van der Waals surface area contributed by atoms with E-state index in [0.717, 1.165) is 33.6 Å². The van der Waals surface area contributed by atoms with Crippen molar-refractivity contribution in [2.45, 2.75) is 27.3 Å². The van der Waals surface area contributed by atoms with Crippen LogP contribution in [0.4, 0.5) is 5.95 Å². The highest BCUT2D eigenvalue weighted by molar-refractivity contribution is 5.99. The van der Waals surface area contributed by atoms with Crippen LogP contribution in [0.15, 0.2) is 102 Å². The summed E-state index contributed by atoms with van der Waals surface area (Å²) < 4.78 is 7.34. The summed E-state index contributed by atoms with van der Waals surface area (Å²) in [7, 11) is 0. The van der Waals surface area contributed by atoms with Crippen LogP contribution in [0.2, 0.25) is 0 Å². The van der Waals surface area contributed by atoms with Crippen LogP contribution >= 0.6 is 0 Å². The highest BCUT2D eigenvalue weighted by Crippen LogP contribution is 2.25. The van der Waals surface area contributed by atoms with Crippen LogP contribution in [0.5, 0.6) is 0 Å². The van der Waals surface area contributed by atoms with Crippen LogP contribution in [0, 0.1) is 20.8 Å². The predicted octanol–water partition coefficient (Wildman–Crippen LogP) is 6.34. The Balaban J connectivity index is 1.44. The lowest BCUT2D eigenvalue weighted by molar-refractivity contribution is -0.117. The number of nitrogens with zero attached hydrogens (tertiary/aromatic N) is 3. The molecule has 5 aromatic rings. The fourth-order valence-electron chi connectivity index (χ4n) is 4.34. The monoisotopic (exact) mass is 518 g/mol. The molecule has 0 bridgehead atoms. The molecule has 0 aliphatic heterocycles. The third-order valence-electron chi connectivity index (χ3n) is 6.54. The largest absolute Gasteiger partial charge is 0.467 e. The van der Waals surface area contributed by atoms with Gasteiger partial charge in [0.05, 0.1) is 18.5 Å². The number of furan rings is 1. The predicted molar refractivity (Wildman–Crippen MR) is 152 cm³/mol. The van der Waals surface area contributed by atoms with Crippen molar-refractivity contribution in [2.24, 2.45) is 0 Å². The van der Waals surface area contributed by atoms with E-state index in [2.05, 4.69) is 5.32 Å². The fraction of sp³-hybridized carbons (Fsp3) is 0.156. The van der Waals surface area contributed by atoms with Crippen molar-refractivity contribution in [1.82, 2.24) is 14.5 Å². The lowest BCUT2D eigenvalue weighted by Crippen LogP contribution is -2.38. The van der Waals surface area contributed by atoms with E-state index in [1.54, 1.807) is 24.5 Å². The second-order valence-corrected chi connectivity index (χ2v) is 9.63. The van der Waals surface area contributed by atoms with E-state index in [1.165, 1.54) is 4.90 Å². The normalized spacial score (nSPS) is 10.8. The lowest BCUT2D eigenvalue weighted by Gasteiger charge is -2.22. The number of carbonyl (C=O) groups excluding carboxylic acids is 2. The molecular formula is C32H30N4O3. The molecule has 2 amide bonds. The molecule has 39 heavy (non-hydrogen) atoms. The maximum atomic E-state index is 13.5. The van der Waals surface area contributed by atoms with E-state index in [1.807, 2.05) is 98.3 Å². The molecule has 0 saturated heterocycles.